The predicted molar refractivity (Wildman–Crippen MR) is 88.3 cm³/mol. The van der Waals surface area contributed by atoms with Gasteiger partial charge in [0.1, 0.15) is 0 Å². The Balaban J connectivity index is 2.01. The zero-order valence-corrected chi connectivity index (χ0v) is 13.0. The number of hydrogen-bond donors (Lipinski definition) is 3. The van der Waals surface area contributed by atoms with E-state index < -0.39 is 11.8 Å². The minimum atomic E-state index is -1.10. The third-order valence-electron chi connectivity index (χ3n) is 2.85. The van der Waals surface area contributed by atoms with Crippen LogP contribution < -0.4 is 16.5 Å². The van der Waals surface area contributed by atoms with Gasteiger partial charge in [0.2, 0.25) is 0 Å². The van der Waals surface area contributed by atoms with Crippen molar-refractivity contribution in [1.29, 1.82) is 0 Å². The Hall–Kier alpha value is -3.00. The molecular formula is C15H14N4O3S. The number of nitrogens with zero attached hydrogens (tertiary/aromatic N) is 1. The summed E-state index contributed by atoms with van der Waals surface area (Å²) in [6.45, 7) is 1.67. The second kappa shape index (κ2) is 7.32. The van der Waals surface area contributed by atoms with E-state index in [9.17, 15) is 14.4 Å². The molecule has 1 aromatic carbocycles. The largest absolute Gasteiger partial charge is 0.361 e. The normalized spacial score (nSPS) is 10.9. The third kappa shape index (κ3) is 4.48. The van der Waals surface area contributed by atoms with E-state index in [1.54, 1.807) is 37.3 Å². The Kier molecular flexibility index (Phi) is 5.21. The quantitative estimate of drug-likeness (QED) is 0.446. The van der Waals surface area contributed by atoms with Gasteiger partial charge in [-0.2, -0.15) is 5.10 Å². The Bertz CT molecular complexity index is 752. The molecule has 0 aliphatic heterocycles. The lowest BCUT2D eigenvalue weighted by atomic mass is 10.1. The van der Waals surface area contributed by atoms with Gasteiger partial charge in [0.25, 0.3) is 5.91 Å². The number of primary amides is 1. The number of hydrogen-bond acceptors (Lipinski definition) is 5. The van der Waals surface area contributed by atoms with Crippen LogP contribution in [-0.4, -0.2) is 23.4 Å². The molecular weight excluding hydrogens is 316 g/mol. The standard InChI is InChI=1S/C15H14N4O3S/c1-9(18-19-15(22)13(16)20)10-4-6-11(7-5-10)17-14(21)12-3-2-8-23-12/h2-8H,1H3,(H2,16,20)(H,17,21)(H,19,22). The minimum Gasteiger partial charge on any atom is -0.361 e. The molecule has 4 N–H and O–H groups in total. The average Bonchev–Trinajstić information content (AvgIpc) is 3.07. The van der Waals surface area contributed by atoms with Gasteiger partial charge in [-0.05, 0) is 36.1 Å². The van der Waals surface area contributed by atoms with Crippen molar-refractivity contribution in [3.8, 4) is 0 Å². The van der Waals surface area contributed by atoms with Crippen LogP contribution in [0.3, 0.4) is 0 Å². The van der Waals surface area contributed by atoms with Crippen LogP contribution in [0.25, 0.3) is 0 Å². The molecule has 7 nitrogen and oxygen atoms in total. The summed E-state index contributed by atoms with van der Waals surface area (Å²) in [5.74, 6) is -2.26. The number of nitrogens with one attached hydrogen (secondary N) is 2. The van der Waals surface area contributed by atoms with E-state index in [1.807, 2.05) is 11.4 Å². The zero-order valence-electron chi connectivity index (χ0n) is 12.2. The molecule has 0 aliphatic carbocycles. The number of carbonyl (C=O) groups is 3. The number of hydrazone groups is 1. The Labute approximate surface area is 136 Å². The van der Waals surface area contributed by atoms with Gasteiger partial charge in [0.05, 0.1) is 10.6 Å². The van der Waals surface area contributed by atoms with Crippen molar-refractivity contribution in [1.82, 2.24) is 5.43 Å². The lowest BCUT2D eigenvalue weighted by molar-refractivity contribution is -0.137. The van der Waals surface area contributed by atoms with Crippen molar-refractivity contribution in [2.45, 2.75) is 6.92 Å². The maximum atomic E-state index is 11.9. The predicted octanol–water partition coefficient (Wildman–Crippen LogP) is 1.33. The number of nitrogens with two attached hydrogens (primary N) is 1. The fraction of sp³-hybridized carbons (Fsp3) is 0.0667. The molecule has 0 bridgehead atoms. The third-order valence-corrected chi connectivity index (χ3v) is 3.72. The summed E-state index contributed by atoms with van der Waals surface area (Å²) < 4.78 is 0. The Morgan fingerprint density at radius 3 is 2.39 bits per heavy atom. The van der Waals surface area contributed by atoms with E-state index in [0.29, 0.717) is 16.3 Å². The van der Waals surface area contributed by atoms with Gasteiger partial charge < -0.3 is 11.1 Å². The second-order valence-electron chi connectivity index (χ2n) is 4.51. The summed E-state index contributed by atoms with van der Waals surface area (Å²) >= 11 is 1.36. The molecule has 0 atom stereocenters. The van der Waals surface area contributed by atoms with Gasteiger partial charge in [0, 0.05) is 5.69 Å². The molecule has 1 aromatic heterocycles. The highest BCUT2D eigenvalue weighted by molar-refractivity contribution is 7.12. The van der Waals surface area contributed by atoms with Crippen LogP contribution in [0.2, 0.25) is 0 Å². The van der Waals surface area contributed by atoms with Crippen LogP contribution in [0.1, 0.15) is 22.2 Å². The molecule has 0 radical (unpaired) electrons. The van der Waals surface area contributed by atoms with Crippen molar-refractivity contribution >= 4 is 40.5 Å². The van der Waals surface area contributed by atoms with Crippen molar-refractivity contribution in [2.24, 2.45) is 10.8 Å². The van der Waals surface area contributed by atoms with Crippen LogP contribution in [0.5, 0.6) is 0 Å². The van der Waals surface area contributed by atoms with E-state index in [1.165, 1.54) is 11.3 Å². The van der Waals surface area contributed by atoms with Gasteiger partial charge in [-0.3, -0.25) is 14.4 Å². The number of thiophene rings is 1. The highest BCUT2D eigenvalue weighted by Gasteiger charge is 2.08. The topological polar surface area (TPSA) is 114 Å². The summed E-state index contributed by atoms with van der Waals surface area (Å²) in [6, 6.07) is 10.5. The highest BCUT2D eigenvalue weighted by atomic mass is 32.1. The first-order valence-electron chi connectivity index (χ1n) is 6.56. The van der Waals surface area contributed by atoms with E-state index in [4.69, 9.17) is 5.73 Å². The van der Waals surface area contributed by atoms with Crippen LogP contribution in [0, 0.1) is 0 Å². The summed E-state index contributed by atoms with van der Waals surface area (Å²) in [7, 11) is 0. The first-order chi connectivity index (χ1) is 11.0. The lowest BCUT2D eigenvalue weighted by Crippen LogP contribution is -2.33. The van der Waals surface area contributed by atoms with Crippen LogP contribution in [0.4, 0.5) is 5.69 Å². The first kappa shape index (κ1) is 16.4. The van der Waals surface area contributed by atoms with Gasteiger partial charge in [-0.1, -0.05) is 18.2 Å². The Morgan fingerprint density at radius 2 is 1.83 bits per heavy atom. The highest BCUT2D eigenvalue weighted by Crippen LogP contribution is 2.14. The van der Waals surface area contributed by atoms with Crippen molar-refractivity contribution in [3.63, 3.8) is 0 Å². The van der Waals surface area contributed by atoms with E-state index in [0.717, 1.165) is 5.56 Å². The molecule has 2 aromatic rings. The SMILES string of the molecule is CC(=NNC(=O)C(N)=O)c1ccc(NC(=O)c2cccs2)cc1. The number of anilines is 1. The monoisotopic (exact) mass is 330 g/mol. The first-order valence-corrected chi connectivity index (χ1v) is 7.44. The van der Waals surface area contributed by atoms with Crippen molar-refractivity contribution < 1.29 is 14.4 Å². The molecule has 0 saturated carbocycles. The maximum Gasteiger partial charge on any atom is 0.329 e. The van der Waals surface area contributed by atoms with Gasteiger partial charge in [-0.15, -0.1) is 11.3 Å². The molecule has 0 aliphatic rings. The molecule has 23 heavy (non-hydrogen) atoms. The number of amides is 3. The van der Waals surface area contributed by atoms with E-state index in [2.05, 4.69) is 15.8 Å². The molecule has 118 valence electrons. The van der Waals surface area contributed by atoms with Crippen LogP contribution in [-0.2, 0) is 9.59 Å². The van der Waals surface area contributed by atoms with Gasteiger partial charge >= 0.3 is 11.8 Å². The zero-order chi connectivity index (χ0) is 16.8. The second-order valence-corrected chi connectivity index (χ2v) is 5.46. The van der Waals surface area contributed by atoms with Crippen LogP contribution >= 0.6 is 11.3 Å². The lowest BCUT2D eigenvalue weighted by Gasteiger charge is -2.06. The van der Waals surface area contributed by atoms with Crippen LogP contribution in [0.15, 0.2) is 46.9 Å². The van der Waals surface area contributed by atoms with Gasteiger partial charge in [-0.25, -0.2) is 5.43 Å². The van der Waals surface area contributed by atoms with Crippen molar-refractivity contribution in [3.05, 3.63) is 52.2 Å². The summed E-state index contributed by atoms with van der Waals surface area (Å²) in [5, 5.41) is 8.39. The number of carbonyl (C=O) groups excluding carboxylic acids is 3. The van der Waals surface area contributed by atoms with Gasteiger partial charge in [0.15, 0.2) is 0 Å². The number of benzene rings is 1. The fourth-order valence-corrected chi connectivity index (χ4v) is 2.27. The molecule has 2 rings (SSSR count). The molecule has 8 heteroatoms. The Morgan fingerprint density at radius 1 is 1.13 bits per heavy atom. The molecule has 3 amide bonds. The molecule has 0 fully saturated rings. The number of rotatable bonds is 4. The molecule has 1 heterocycles. The molecule has 0 spiro atoms. The van der Waals surface area contributed by atoms with E-state index in [-0.39, 0.29) is 5.91 Å². The molecule has 0 unspecified atom stereocenters. The smallest absolute Gasteiger partial charge is 0.329 e. The average molecular weight is 330 g/mol. The molecule has 0 saturated heterocycles. The summed E-state index contributed by atoms with van der Waals surface area (Å²) in [5.41, 5.74) is 8.72. The van der Waals surface area contributed by atoms with E-state index >= 15 is 0 Å². The fourth-order valence-electron chi connectivity index (χ4n) is 1.65. The minimum absolute atomic E-state index is 0.174. The maximum absolute atomic E-state index is 11.9. The summed E-state index contributed by atoms with van der Waals surface area (Å²) in [4.78, 5) is 34.2. The summed E-state index contributed by atoms with van der Waals surface area (Å²) in [6.07, 6.45) is 0. The van der Waals surface area contributed by atoms with Crippen molar-refractivity contribution in [2.75, 3.05) is 5.32 Å².